The van der Waals surface area contributed by atoms with Crippen molar-refractivity contribution < 1.29 is 9.53 Å². The molecule has 88 valence electrons. The molecule has 0 saturated carbocycles. The summed E-state index contributed by atoms with van der Waals surface area (Å²) in [6.07, 6.45) is 0. The van der Waals surface area contributed by atoms with Crippen LogP contribution in [0.2, 0.25) is 0 Å². The van der Waals surface area contributed by atoms with E-state index in [9.17, 15) is 4.79 Å². The SMILES string of the molecule is COC(=O)[C@H](C)Nc1ccc2ccccc2c1. The van der Waals surface area contributed by atoms with Gasteiger partial charge in [0.25, 0.3) is 0 Å². The van der Waals surface area contributed by atoms with Crippen molar-refractivity contribution in [1.29, 1.82) is 0 Å². The Morgan fingerprint density at radius 1 is 1.18 bits per heavy atom. The second kappa shape index (κ2) is 4.87. The predicted molar refractivity (Wildman–Crippen MR) is 69.0 cm³/mol. The van der Waals surface area contributed by atoms with Crippen LogP contribution in [0.3, 0.4) is 0 Å². The molecule has 2 rings (SSSR count). The zero-order valence-corrected chi connectivity index (χ0v) is 9.94. The van der Waals surface area contributed by atoms with Crippen molar-refractivity contribution in [3.8, 4) is 0 Å². The van der Waals surface area contributed by atoms with E-state index in [1.54, 1.807) is 6.92 Å². The van der Waals surface area contributed by atoms with Gasteiger partial charge >= 0.3 is 5.97 Å². The maximum atomic E-state index is 11.3. The molecule has 2 aromatic carbocycles. The van der Waals surface area contributed by atoms with Gasteiger partial charge in [-0.05, 0) is 29.8 Å². The first kappa shape index (κ1) is 11.5. The molecule has 0 saturated heterocycles. The van der Waals surface area contributed by atoms with E-state index in [1.165, 1.54) is 12.5 Å². The molecular formula is C14H15NO2. The van der Waals surface area contributed by atoms with Crippen LogP contribution in [0.15, 0.2) is 42.5 Å². The van der Waals surface area contributed by atoms with Gasteiger partial charge in [0.15, 0.2) is 0 Å². The van der Waals surface area contributed by atoms with E-state index in [1.807, 2.05) is 36.4 Å². The summed E-state index contributed by atoms with van der Waals surface area (Å²) in [7, 11) is 1.39. The Hall–Kier alpha value is -2.03. The molecule has 0 radical (unpaired) electrons. The highest BCUT2D eigenvalue weighted by Crippen LogP contribution is 2.19. The number of ether oxygens (including phenoxy) is 1. The number of carbonyl (C=O) groups excluding carboxylic acids is 1. The minimum absolute atomic E-state index is 0.266. The van der Waals surface area contributed by atoms with Crippen molar-refractivity contribution in [2.45, 2.75) is 13.0 Å². The number of rotatable bonds is 3. The molecule has 0 unspecified atom stereocenters. The Labute approximate surface area is 100 Å². The molecule has 0 fully saturated rings. The molecular weight excluding hydrogens is 214 g/mol. The lowest BCUT2D eigenvalue weighted by molar-refractivity contribution is -0.141. The molecule has 0 aliphatic rings. The molecule has 17 heavy (non-hydrogen) atoms. The summed E-state index contributed by atoms with van der Waals surface area (Å²) in [6.45, 7) is 1.78. The first-order valence-corrected chi connectivity index (χ1v) is 5.54. The molecule has 2 aromatic rings. The third-order valence-electron chi connectivity index (χ3n) is 2.69. The highest BCUT2D eigenvalue weighted by molar-refractivity contribution is 5.86. The van der Waals surface area contributed by atoms with Crippen molar-refractivity contribution in [3.05, 3.63) is 42.5 Å². The number of hydrogen-bond donors (Lipinski definition) is 1. The van der Waals surface area contributed by atoms with Crippen molar-refractivity contribution in [2.75, 3.05) is 12.4 Å². The highest BCUT2D eigenvalue weighted by atomic mass is 16.5. The maximum Gasteiger partial charge on any atom is 0.327 e. The standard InChI is InChI=1S/C14H15NO2/c1-10(14(16)17-2)15-13-8-7-11-5-3-4-6-12(11)9-13/h3-10,15H,1-2H3/t10-/m0/s1. The van der Waals surface area contributed by atoms with Crippen LogP contribution < -0.4 is 5.32 Å². The minimum Gasteiger partial charge on any atom is -0.467 e. The summed E-state index contributed by atoms with van der Waals surface area (Å²) in [5.74, 6) is -0.266. The summed E-state index contributed by atoms with van der Waals surface area (Å²) < 4.78 is 4.67. The van der Waals surface area contributed by atoms with Gasteiger partial charge in [0, 0.05) is 5.69 Å². The number of esters is 1. The van der Waals surface area contributed by atoms with Crippen LogP contribution in [-0.4, -0.2) is 19.1 Å². The molecule has 0 aliphatic carbocycles. The van der Waals surface area contributed by atoms with Gasteiger partial charge in [-0.2, -0.15) is 0 Å². The van der Waals surface area contributed by atoms with Gasteiger partial charge in [-0.25, -0.2) is 4.79 Å². The summed E-state index contributed by atoms with van der Waals surface area (Å²) in [5, 5.41) is 5.44. The average Bonchev–Trinajstić information content (AvgIpc) is 2.37. The third-order valence-corrected chi connectivity index (χ3v) is 2.69. The van der Waals surface area contributed by atoms with E-state index in [-0.39, 0.29) is 12.0 Å². The number of anilines is 1. The van der Waals surface area contributed by atoms with Crippen molar-refractivity contribution in [1.82, 2.24) is 0 Å². The molecule has 0 bridgehead atoms. The Bertz CT molecular complexity index is 536. The highest BCUT2D eigenvalue weighted by Gasteiger charge is 2.12. The molecule has 0 heterocycles. The summed E-state index contributed by atoms with van der Waals surface area (Å²) >= 11 is 0. The second-order valence-electron chi connectivity index (χ2n) is 3.95. The van der Waals surface area contributed by atoms with Gasteiger partial charge in [-0.15, -0.1) is 0 Å². The van der Waals surface area contributed by atoms with Crippen molar-refractivity contribution >= 4 is 22.4 Å². The second-order valence-corrected chi connectivity index (χ2v) is 3.95. The fourth-order valence-electron chi connectivity index (χ4n) is 1.76. The third kappa shape index (κ3) is 2.56. The predicted octanol–water partition coefficient (Wildman–Crippen LogP) is 2.81. The van der Waals surface area contributed by atoms with E-state index in [2.05, 4.69) is 16.1 Å². The zero-order chi connectivity index (χ0) is 12.3. The Morgan fingerprint density at radius 3 is 2.59 bits per heavy atom. The van der Waals surface area contributed by atoms with Gasteiger partial charge in [0.1, 0.15) is 6.04 Å². The van der Waals surface area contributed by atoms with Gasteiger partial charge in [0.2, 0.25) is 0 Å². The normalized spacial score (nSPS) is 12.1. The molecule has 3 nitrogen and oxygen atoms in total. The molecule has 1 atom stereocenters. The largest absolute Gasteiger partial charge is 0.467 e. The van der Waals surface area contributed by atoms with Gasteiger partial charge < -0.3 is 10.1 Å². The lowest BCUT2D eigenvalue weighted by atomic mass is 10.1. The lowest BCUT2D eigenvalue weighted by Crippen LogP contribution is -2.27. The van der Waals surface area contributed by atoms with Crippen LogP contribution in [0.4, 0.5) is 5.69 Å². The Kier molecular flexibility index (Phi) is 3.28. The first-order chi connectivity index (χ1) is 8.20. The Morgan fingerprint density at radius 2 is 1.88 bits per heavy atom. The van der Waals surface area contributed by atoms with E-state index in [0.717, 1.165) is 11.1 Å². The molecule has 0 amide bonds. The van der Waals surface area contributed by atoms with Crippen LogP contribution >= 0.6 is 0 Å². The molecule has 0 aromatic heterocycles. The van der Waals surface area contributed by atoms with Crippen molar-refractivity contribution in [2.24, 2.45) is 0 Å². The van der Waals surface area contributed by atoms with Crippen molar-refractivity contribution in [3.63, 3.8) is 0 Å². The van der Waals surface area contributed by atoms with Gasteiger partial charge in [-0.3, -0.25) is 0 Å². The number of carbonyl (C=O) groups is 1. The topological polar surface area (TPSA) is 38.3 Å². The van der Waals surface area contributed by atoms with E-state index in [4.69, 9.17) is 0 Å². The molecule has 1 N–H and O–H groups in total. The summed E-state index contributed by atoms with van der Waals surface area (Å²) in [6, 6.07) is 13.8. The number of benzene rings is 2. The number of nitrogens with one attached hydrogen (secondary N) is 1. The summed E-state index contributed by atoms with van der Waals surface area (Å²) in [5.41, 5.74) is 0.918. The van der Waals surface area contributed by atoms with Crippen LogP contribution in [-0.2, 0) is 9.53 Å². The summed E-state index contributed by atoms with van der Waals surface area (Å²) in [4.78, 5) is 11.3. The fourth-order valence-corrected chi connectivity index (χ4v) is 1.76. The van der Waals surface area contributed by atoms with Gasteiger partial charge in [0.05, 0.1) is 7.11 Å². The van der Waals surface area contributed by atoms with Crippen LogP contribution in [0.25, 0.3) is 10.8 Å². The quantitative estimate of drug-likeness (QED) is 0.822. The van der Waals surface area contributed by atoms with Crippen LogP contribution in [0, 0.1) is 0 Å². The zero-order valence-electron chi connectivity index (χ0n) is 9.94. The average molecular weight is 229 g/mol. The number of methoxy groups -OCH3 is 1. The van der Waals surface area contributed by atoms with E-state index >= 15 is 0 Å². The minimum atomic E-state index is -0.346. The first-order valence-electron chi connectivity index (χ1n) is 5.54. The molecule has 3 heteroatoms. The Balaban J connectivity index is 2.22. The number of hydrogen-bond acceptors (Lipinski definition) is 3. The molecule has 0 aliphatic heterocycles. The number of fused-ring (bicyclic) bond motifs is 1. The fraction of sp³-hybridized carbons (Fsp3) is 0.214. The monoisotopic (exact) mass is 229 g/mol. The smallest absolute Gasteiger partial charge is 0.327 e. The maximum absolute atomic E-state index is 11.3. The van der Waals surface area contributed by atoms with Gasteiger partial charge in [-0.1, -0.05) is 30.3 Å². The van der Waals surface area contributed by atoms with E-state index < -0.39 is 0 Å². The van der Waals surface area contributed by atoms with Crippen LogP contribution in [0.1, 0.15) is 6.92 Å². The van der Waals surface area contributed by atoms with E-state index in [0.29, 0.717) is 0 Å². The van der Waals surface area contributed by atoms with Crippen LogP contribution in [0.5, 0.6) is 0 Å². The molecule has 0 spiro atoms. The lowest BCUT2D eigenvalue weighted by Gasteiger charge is -2.13.